The van der Waals surface area contributed by atoms with Crippen LogP contribution in [0.2, 0.25) is 0 Å². The van der Waals surface area contributed by atoms with E-state index in [0.29, 0.717) is 6.04 Å². The lowest BCUT2D eigenvalue weighted by Gasteiger charge is -1.58. The SMILES string of the molecule is CN.NC1CC1. The van der Waals surface area contributed by atoms with Gasteiger partial charge >= 0.3 is 0 Å². The first-order chi connectivity index (χ1) is 2.89. The number of hydrogen-bond donors (Lipinski definition) is 2. The third kappa shape index (κ3) is 3.92. The van der Waals surface area contributed by atoms with Crippen LogP contribution in [-0.2, 0) is 0 Å². The molecule has 6 heavy (non-hydrogen) atoms. The average molecular weight is 88.2 g/mol. The van der Waals surface area contributed by atoms with E-state index in [1.54, 1.807) is 0 Å². The van der Waals surface area contributed by atoms with Crippen LogP contribution in [0.3, 0.4) is 0 Å². The molecule has 1 rings (SSSR count). The molecule has 1 fully saturated rings. The largest absolute Gasteiger partial charge is 0.333 e. The molecule has 2 heteroatoms. The summed E-state index contributed by atoms with van der Waals surface area (Å²) in [5.74, 6) is 0. The molecule has 4 N–H and O–H groups in total. The first-order valence-electron chi connectivity index (χ1n) is 2.23. The van der Waals surface area contributed by atoms with E-state index in [1.807, 2.05) is 0 Å². The fourth-order valence-corrected chi connectivity index (χ4v) is 0.0962. The van der Waals surface area contributed by atoms with Crippen molar-refractivity contribution in [3.05, 3.63) is 0 Å². The molecule has 0 aliphatic heterocycles. The van der Waals surface area contributed by atoms with Crippen molar-refractivity contribution in [3.8, 4) is 0 Å². The van der Waals surface area contributed by atoms with E-state index in [0.717, 1.165) is 0 Å². The molecule has 0 aromatic carbocycles. The van der Waals surface area contributed by atoms with E-state index in [1.165, 1.54) is 19.9 Å². The summed E-state index contributed by atoms with van der Waals surface area (Å²) >= 11 is 0. The van der Waals surface area contributed by atoms with E-state index in [2.05, 4.69) is 5.73 Å². The van der Waals surface area contributed by atoms with Crippen LogP contribution in [0.4, 0.5) is 0 Å². The summed E-state index contributed by atoms with van der Waals surface area (Å²) < 4.78 is 0. The zero-order chi connectivity index (χ0) is 4.99. The van der Waals surface area contributed by atoms with Crippen molar-refractivity contribution >= 4 is 0 Å². The highest BCUT2D eigenvalue weighted by atomic mass is 14.7. The van der Waals surface area contributed by atoms with Gasteiger partial charge in [-0.05, 0) is 19.9 Å². The van der Waals surface area contributed by atoms with E-state index in [9.17, 15) is 0 Å². The molecule has 0 spiro atoms. The highest BCUT2D eigenvalue weighted by Crippen LogP contribution is 2.13. The van der Waals surface area contributed by atoms with Gasteiger partial charge in [-0.3, -0.25) is 0 Å². The zero-order valence-electron chi connectivity index (χ0n) is 4.15. The summed E-state index contributed by atoms with van der Waals surface area (Å²) in [7, 11) is 1.50. The maximum Gasteiger partial charge on any atom is 0.00399 e. The minimum absolute atomic E-state index is 0.583. The second-order valence-electron chi connectivity index (χ2n) is 1.34. The molecule has 0 aromatic rings. The minimum atomic E-state index is 0.583. The fourth-order valence-electron chi connectivity index (χ4n) is 0.0962. The van der Waals surface area contributed by atoms with Crippen LogP contribution in [0, 0.1) is 0 Å². The van der Waals surface area contributed by atoms with Crippen molar-refractivity contribution in [1.82, 2.24) is 0 Å². The van der Waals surface area contributed by atoms with Crippen LogP contribution >= 0.6 is 0 Å². The Kier molecular flexibility index (Phi) is 3.08. The van der Waals surface area contributed by atoms with Gasteiger partial charge in [-0.25, -0.2) is 0 Å². The van der Waals surface area contributed by atoms with Gasteiger partial charge in [-0.15, -0.1) is 0 Å². The molecule has 0 amide bonds. The third-order valence-corrected chi connectivity index (χ3v) is 0.622. The molecule has 0 aromatic heterocycles. The van der Waals surface area contributed by atoms with Crippen molar-refractivity contribution in [3.63, 3.8) is 0 Å². The second-order valence-corrected chi connectivity index (χ2v) is 1.34. The molecule has 1 aliphatic carbocycles. The molecule has 0 heterocycles. The lowest BCUT2D eigenvalue weighted by Crippen LogP contribution is -1.94. The molecule has 0 radical (unpaired) electrons. The standard InChI is InChI=1S/C3H7N.CH5N/c4-3-1-2-3;1-2/h3H,1-2,4H2;2H2,1H3. The summed E-state index contributed by atoms with van der Waals surface area (Å²) in [6, 6.07) is 0.583. The molecule has 38 valence electrons. The Morgan fingerprint density at radius 3 is 1.50 bits per heavy atom. The van der Waals surface area contributed by atoms with E-state index in [4.69, 9.17) is 5.73 Å². The van der Waals surface area contributed by atoms with Crippen molar-refractivity contribution in [2.24, 2.45) is 11.5 Å². The van der Waals surface area contributed by atoms with Crippen molar-refractivity contribution in [2.45, 2.75) is 18.9 Å². The monoisotopic (exact) mass is 88.1 g/mol. The predicted molar refractivity (Wildman–Crippen MR) is 27.3 cm³/mol. The lowest BCUT2D eigenvalue weighted by molar-refractivity contribution is 1.07. The Labute approximate surface area is 38.5 Å². The van der Waals surface area contributed by atoms with Gasteiger partial charge in [0.05, 0.1) is 0 Å². The maximum atomic E-state index is 5.22. The summed E-state index contributed by atoms with van der Waals surface area (Å²) in [6.45, 7) is 0. The van der Waals surface area contributed by atoms with Crippen LogP contribution in [0.1, 0.15) is 12.8 Å². The number of nitrogens with two attached hydrogens (primary N) is 2. The zero-order valence-corrected chi connectivity index (χ0v) is 4.15. The van der Waals surface area contributed by atoms with E-state index < -0.39 is 0 Å². The van der Waals surface area contributed by atoms with Gasteiger partial charge in [-0.2, -0.15) is 0 Å². The van der Waals surface area contributed by atoms with Crippen molar-refractivity contribution < 1.29 is 0 Å². The van der Waals surface area contributed by atoms with Crippen LogP contribution in [0.25, 0.3) is 0 Å². The van der Waals surface area contributed by atoms with Crippen LogP contribution in [0.5, 0.6) is 0 Å². The molecule has 0 unspecified atom stereocenters. The first kappa shape index (κ1) is 5.92. The third-order valence-electron chi connectivity index (χ3n) is 0.622. The quantitative estimate of drug-likeness (QED) is 0.426. The molecule has 0 atom stereocenters. The Bertz CT molecular complexity index is 24.7. The second kappa shape index (κ2) is 3.12. The van der Waals surface area contributed by atoms with Crippen molar-refractivity contribution in [1.29, 1.82) is 0 Å². The minimum Gasteiger partial charge on any atom is -0.333 e. The Balaban J connectivity index is 0.000000112. The Morgan fingerprint density at radius 2 is 1.50 bits per heavy atom. The first-order valence-corrected chi connectivity index (χ1v) is 2.23. The lowest BCUT2D eigenvalue weighted by atomic mass is 10.8. The van der Waals surface area contributed by atoms with Crippen LogP contribution in [-0.4, -0.2) is 13.1 Å². The normalized spacial score (nSPS) is 18.5. The van der Waals surface area contributed by atoms with Gasteiger partial charge < -0.3 is 11.5 Å². The molecule has 1 saturated carbocycles. The van der Waals surface area contributed by atoms with Gasteiger partial charge in [0.1, 0.15) is 0 Å². The van der Waals surface area contributed by atoms with Crippen LogP contribution < -0.4 is 11.5 Å². The van der Waals surface area contributed by atoms with E-state index >= 15 is 0 Å². The fraction of sp³-hybridized carbons (Fsp3) is 1.00. The maximum absolute atomic E-state index is 5.22. The van der Waals surface area contributed by atoms with E-state index in [-0.39, 0.29) is 0 Å². The molecule has 0 saturated heterocycles. The summed E-state index contributed by atoms with van der Waals surface area (Å²) in [6.07, 6.45) is 2.53. The number of rotatable bonds is 0. The highest BCUT2D eigenvalue weighted by molar-refractivity contribution is 4.75. The summed E-state index contributed by atoms with van der Waals surface area (Å²) in [5.41, 5.74) is 9.72. The van der Waals surface area contributed by atoms with Crippen LogP contribution in [0.15, 0.2) is 0 Å². The molecular weight excluding hydrogens is 76.1 g/mol. The number of hydrogen-bond acceptors (Lipinski definition) is 2. The predicted octanol–water partition coefficient (Wildman–Crippen LogP) is -0.318. The smallest absolute Gasteiger partial charge is 0.00399 e. The van der Waals surface area contributed by atoms with Gasteiger partial charge in [0.25, 0.3) is 0 Å². The molecular formula is C4H12N2. The molecule has 1 aliphatic rings. The van der Waals surface area contributed by atoms with Gasteiger partial charge in [0, 0.05) is 6.04 Å². The van der Waals surface area contributed by atoms with Gasteiger partial charge in [0.15, 0.2) is 0 Å². The molecule has 2 nitrogen and oxygen atoms in total. The van der Waals surface area contributed by atoms with Crippen molar-refractivity contribution in [2.75, 3.05) is 7.05 Å². The molecule has 0 bridgehead atoms. The highest BCUT2D eigenvalue weighted by Gasteiger charge is 2.13. The summed E-state index contributed by atoms with van der Waals surface area (Å²) in [4.78, 5) is 0. The van der Waals surface area contributed by atoms with Gasteiger partial charge in [0.2, 0.25) is 0 Å². The Morgan fingerprint density at radius 1 is 1.33 bits per heavy atom. The summed E-state index contributed by atoms with van der Waals surface area (Å²) in [5, 5.41) is 0. The van der Waals surface area contributed by atoms with Gasteiger partial charge in [-0.1, -0.05) is 0 Å². The average Bonchev–Trinajstić information content (AvgIpc) is 2.30. The Hall–Kier alpha value is -0.0800. The topological polar surface area (TPSA) is 52.0 Å².